The molecule has 3 N–H and O–H groups in total. The molecule has 1 aromatic heterocycles. The third kappa shape index (κ3) is 1.90. The van der Waals surface area contributed by atoms with Gasteiger partial charge in [-0.1, -0.05) is 0 Å². The molecule has 1 aliphatic carbocycles. The summed E-state index contributed by atoms with van der Waals surface area (Å²) < 4.78 is 2.01. The highest BCUT2D eigenvalue weighted by Gasteiger charge is 2.20. The molecule has 0 aliphatic heterocycles. The maximum absolute atomic E-state index is 11.3. The lowest BCUT2D eigenvalue weighted by Crippen LogP contribution is -2.25. The maximum Gasteiger partial charge on any atom is 0.239 e. The first-order valence-corrected chi connectivity index (χ1v) is 5.36. The van der Waals surface area contributed by atoms with Crippen molar-refractivity contribution in [2.45, 2.75) is 31.8 Å². The summed E-state index contributed by atoms with van der Waals surface area (Å²) in [5.41, 5.74) is 8.46. The number of carbonyl (C=O) groups is 1. The third-order valence-electron chi connectivity index (χ3n) is 3.03. The Morgan fingerprint density at radius 3 is 3.27 bits per heavy atom. The van der Waals surface area contributed by atoms with Crippen LogP contribution in [0.1, 0.15) is 30.1 Å². The second-order valence-electron chi connectivity index (χ2n) is 4.02. The number of hydrogen-bond donors (Lipinski definition) is 2. The van der Waals surface area contributed by atoms with Crippen LogP contribution in [-0.4, -0.2) is 17.5 Å². The van der Waals surface area contributed by atoms with Crippen LogP contribution in [0.3, 0.4) is 0 Å². The van der Waals surface area contributed by atoms with Crippen molar-refractivity contribution in [1.29, 1.82) is 0 Å². The molecular formula is C11H17N3O. The van der Waals surface area contributed by atoms with E-state index in [1.54, 1.807) is 7.05 Å². The van der Waals surface area contributed by atoms with Gasteiger partial charge in [0.1, 0.15) is 6.54 Å². The monoisotopic (exact) mass is 207 g/mol. The minimum Gasteiger partial charge on any atom is -0.358 e. The van der Waals surface area contributed by atoms with Gasteiger partial charge in [-0.25, -0.2) is 0 Å². The molecule has 1 atom stereocenters. The molecule has 15 heavy (non-hydrogen) atoms. The first kappa shape index (κ1) is 10.2. The van der Waals surface area contributed by atoms with Crippen molar-refractivity contribution in [2.75, 3.05) is 7.05 Å². The number of hydrogen-bond acceptors (Lipinski definition) is 2. The molecule has 1 aliphatic rings. The first-order valence-electron chi connectivity index (χ1n) is 5.36. The van der Waals surface area contributed by atoms with Gasteiger partial charge in [0.25, 0.3) is 0 Å². The van der Waals surface area contributed by atoms with Gasteiger partial charge in [0.15, 0.2) is 0 Å². The predicted molar refractivity (Wildman–Crippen MR) is 58.4 cm³/mol. The predicted octanol–water partition coefficient (Wildman–Crippen LogP) is 0.570. The van der Waals surface area contributed by atoms with Crippen LogP contribution >= 0.6 is 0 Å². The Hall–Kier alpha value is -1.29. The van der Waals surface area contributed by atoms with E-state index in [9.17, 15) is 4.79 Å². The van der Waals surface area contributed by atoms with Crippen LogP contribution in [0.15, 0.2) is 12.3 Å². The van der Waals surface area contributed by atoms with E-state index in [0.717, 1.165) is 19.3 Å². The van der Waals surface area contributed by atoms with Crippen molar-refractivity contribution in [3.63, 3.8) is 0 Å². The van der Waals surface area contributed by atoms with Crippen LogP contribution in [0.2, 0.25) is 0 Å². The largest absolute Gasteiger partial charge is 0.358 e. The van der Waals surface area contributed by atoms with Crippen LogP contribution < -0.4 is 11.1 Å². The zero-order valence-corrected chi connectivity index (χ0v) is 8.99. The summed E-state index contributed by atoms with van der Waals surface area (Å²) in [5, 5.41) is 2.63. The molecule has 0 saturated carbocycles. The van der Waals surface area contributed by atoms with Crippen molar-refractivity contribution in [1.82, 2.24) is 9.88 Å². The fourth-order valence-electron chi connectivity index (χ4n) is 2.17. The van der Waals surface area contributed by atoms with E-state index in [4.69, 9.17) is 5.73 Å². The van der Waals surface area contributed by atoms with Crippen LogP contribution in [0.5, 0.6) is 0 Å². The molecular weight excluding hydrogens is 190 g/mol. The molecule has 0 spiro atoms. The van der Waals surface area contributed by atoms with E-state index >= 15 is 0 Å². The van der Waals surface area contributed by atoms with E-state index in [2.05, 4.69) is 5.32 Å². The summed E-state index contributed by atoms with van der Waals surface area (Å²) in [7, 11) is 1.66. The Morgan fingerprint density at radius 2 is 2.53 bits per heavy atom. The van der Waals surface area contributed by atoms with Gasteiger partial charge in [-0.05, 0) is 30.9 Å². The highest BCUT2D eigenvalue weighted by atomic mass is 16.1. The summed E-state index contributed by atoms with van der Waals surface area (Å²) in [4.78, 5) is 11.3. The highest BCUT2D eigenvalue weighted by Crippen LogP contribution is 2.28. The minimum absolute atomic E-state index is 0.0348. The zero-order chi connectivity index (χ0) is 10.8. The zero-order valence-electron chi connectivity index (χ0n) is 8.99. The average Bonchev–Trinajstić information content (AvgIpc) is 2.63. The van der Waals surface area contributed by atoms with E-state index in [-0.39, 0.29) is 11.9 Å². The molecule has 0 radical (unpaired) electrons. The molecule has 1 amide bonds. The normalized spacial score (nSPS) is 19.7. The molecule has 0 fully saturated rings. The van der Waals surface area contributed by atoms with Crippen molar-refractivity contribution in [3.05, 3.63) is 23.5 Å². The number of amides is 1. The molecule has 0 saturated heterocycles. The van der Waals surface area contributed by atoms with Gasteiger partial charge in [0, 0.05) is 25.0 Å². The Kier molecular flexibility index (Phi) is 2.77. The molecule has 2 rings (SSSR count). The number of nitrogens with two attached hydrogens (primary N) is 1. The molecule has 1 aromatic rings. The number of aromatic nitrogens is 1. The third-order valence-corrected chi connectivity index (χ3v) is 3.03. The van der Waals surface area contributed by atoms with Gasteiger partial charge in [-0.15, -0.1) is 0 Å². The number of fused-ring (bicyclic) bond motifs is 1. The van der Waals surface area contributed by atoms with Gasteiger partial charge in [0.05, 0.1) is 0 Å². The van der Waals surface area contributed by atoms with E-state index in [0.29, 0.717) is 6.54 Å². The molecule has 82 valence electrons. The number of likely N-dealkylation sites (N-methyl/N-ethyl adjacent to an activating group) is 1. The fraction of sp³-hybridized carbons (Fsp3) is 0.545. The lowest BCUT2D eigenvalue weighted by molar-refractivity contribution is -0.121. The lowest BCUT2D eigenvalue weighted by atomic mass is 9.94. The van der Waals surface area contributed by atoms with Crippen LogP contribution in [-0.2, 0) is 17.8 Å². The van der Waals surface area contributed by atoms with Gasteiger partial charge in [0.2, 0.25) is 5.91 Å². The number of nitrogens with zero attached hydrogens (tertiary/aromatic N) is 1. The molecule has 0 aromatic carbocycles. The summed E-state index contributed by atoms with van der Waals surface area (Å²) in [5.74, 6) is 0.0348. The average molecular weight is 207 g/mol. The van der Waals surface area contributed by atoms with E-state index in [1.807, 2.05) is 16.8 Å². The van der Waals surface area contributed by atoms with Crippen molar-refractivity contribution in [3.8, 4) is 0 Å². The van der Waals surface area contributed by atoms with Crippen LogP contribution in [0.4, 0.5) is 0 Å². The van der Waals surface area contributed by atoms with Gasteiger partial charge in [-0.3, -0.25) is 4.79 Å². The second kappa shape index (κ2) is 4.06. The quantitative estimate of drug-likeness (QED) is 0.745. The highest BCUT2D eigenvalue weighted by molar-refractivity contribution is 5.75. The maximum atomic E-state index is 11.3. The molecule has 1 heterocycles. The molecule has 4 nitrogen and oxygen atoms in total. The van der Waals surface area contributed by atoms with E-state index < -0.39 is 0 Å². The van der Waals surface area contributed by atoms with Crippen molar-refractivity contribution < 1.29 is 4.79 Å². The minimum atomic E-state index is 0.0348. The number of nitrogens with one attached hydrogen (secondary N) is 1. The molecule has 0 bridgehead atoms. The van der Waals surface area contributed by atoms with Crippen LogP contribution in [0, 0.1) is 0 Å². The SMILES string of the molecule is CNC(=O)Cn1ccc2c1CCCC2N. The second-order valence-corrected chi connectivity index (χ2v) is 4.02. The summed E-state index contributed by atoms with van der Waals surface area (Å²) in [6.07, 6.45) is 5.17. The van der Waals surface area contributed by atoms with Gasteiger partial charge in [-0.2, -0.15) is 0 Å². The summed E-state index contributed by atoms with van der Waals surface area (Å²) in [6.45, 7) is 0.401. The van der Waals surface area contributed by atoms with Gasteiger partial charge < -0.3 is 15.6 Å². The number of rotatable bonds is 2. The smallest absolute Gasteiger partial charge is 0.239 e. The Labute approximate surface area is 89.5 Å². The Balaban J connectivity index is 2.23. The van der Waals surface area contributed by atoms with Crippen molar-refractivity contribution in [2.24, 2.45) is 5.73 Å². The Morgan fingerprint density at radius 1 is 1.73 bits per heavy atom. The van der Waals surface area contributed by atoms with Crippen LogP contribution in [0.25, 0.3) is 0 Å². The number of carbonyl (C=O) groups excluding carboxylic acids is 1. The fourth-order valence-corrected chi connectivity index (χ4v) is 2.17. The summed E-state index contributed by atoms with van der Waals surface area (Å²) >= 11 is 0. The molecule has 1 unspecified atom stereocenters. The summed E-state index contributed by atoms with van der Waals surface area (Å²) in [6, 6.07) is 2.20. The lowest BCUT2D eigenvalue weighted by Gasteiger charge is -2.20. The van der Waals surface area contributed by atoms with E-state index in [1.165, 1.54) is 11.3 Å². The topological polar surface area (TPSA) is 60.0 Å². The molecule has 4 heteroatoms. The standard InChI is InChI=1S/C11H17N3O/c1-13-11(15)7-14-6-5-8-9(12)3-2-4-10(8)14/h5-6,9H,2-4,7,12H2,1H3,(H,13,15). The van der Waals surface area contributed by atoms with Crippen molar-refractivity contribution >= 4 is 5.91 Å². The Bertz CT molecular complexity index is 370. The van der Waals surface area contributed by atoms with Gasteiger partial charge >= 0.3 is 0 Å². The first-order chi connectivity index (χ1) is 7.22.